The molecule has 0 spiro atoms. The highest BCUT2D eigenvalue weighted by Gasteiger charge is 2.13. The van der Waals surface area contributed by atoms with Crippen LogP contribution in [0.3, 0.4) is 0 Å². The smallest absolute Gasteiger partial charge is 0.188 e. The molecule has 0 saturated heterocycles. The van der Waals surface area contributed by atoms with Gasteiger partial charge in [0.2, 0.25) is 0 Å². The molecular formula is C12H26IN3. The summed E-state index contributed by atoms with van der Waals surface area (Å²) in [5.74, 6) is 1.57. The highest BCUT2D eigenvalue weighted by molar-refractivity contribution is 14.0. The summed E-state index contributed by atoms with van der Waals surface area (Å²) in [4.78, 5) is 4.31. The Hall–Kier alpha value is 0. The van der Waals surface area contributed by atoms with Crippen molar-refractivity contribution in [2.24, 2.45) is 16.6 Å². The van der Waals surface area contributed by atoms with E-state index in [1.807, 2.05) is 0 Å². The van der Waals surface area contributed by atoms with Crippen LogP contribution in [0.1, 0.15) is 52.4 Å². The fraction of sp³-hybridized carbons (Fsp3) is 0.917. The molecule has 1 fully saturated rings. The van der Waals surface area contributed by atoms with E-state index in [0.717, 1.165) is 12.5 Å². The second-order valence-electron chi connectivity index (χ2n) is 4.86. The first-order valence-electron chi connectivity index (χ1n) is 6.25. The van der Waals surface area contributed by atoms with Crippen molar-refractivity contribution in [3.63, 3.8) is 0 Å². The minimum atomic E-state index is 0. The van der Waals surface area contributed by atoms with Crippen LogP contribution in [-0.4, -0.2) is 18.5 Å². The van der Waals surface area contributed by atoms with Crippen molar-refractivity contribution in [3.8, 4) is 0 Å². The molecular weight excluding hydrogens is 313 g/mol. The van der Waals surface area contributed by atoms with Crippen LogP contribution >= 0.6 is 24.0 Å². The Bertz CT molecular complexity index is 198. The molecule has 0 aromatic carbocycles. The quantitative estimate of drug-likeness (QED) is 0.350. The van der Waals surface area contributed by atoms with Gasteiger partial charge in [-0.3, -0.25) is 4.99 Å². The molecule has 0 heterocycles. The number of guanidine groups is 1. The number of halogens is 1. The van der Waals surface area contributed by atoms with Crippen LogP contribution in [0.5, 0.6) is 0 Å². The largest absolute Gasteiger partial charge is 0.370 e. The second-order valence-corrected chi connectivity index (χ2v) is 4.86. The standard InChI is InChI=1S/C12H25N3.HI/c1-10(2)15-12(13)14-9-5-8-11-6-3-4-7-11;/h10-11H,3-9H2,1-2H3,(H3,13,14,15);1H. The zero-order valence-electron chi connectivity index (χ0n) is 10.5. The lowest BCUT2D eigenvalue weighted by Crippen LogP contribution is -2.36. The van der Waals surface area contributed by atoms with Gasteiger partial charge in [0.05, 0.1) is 0 Å². The lowest BCUT2D eigenvalue weighted by molar-refractivity contribution is 0.487. The first-order valence-corrected chi connectivity index (χ1v) is 6.25. The van der Waals surface area contributed by atoms with E-state index in [1.54, 1.807) is 0 Å². The van der Waals surface area contributed by atoms with Gasteiger partial charge in [-0.25, -0.2) is 0 Å². The highest BCUT2D eigenvalue weighted by Crippen LogP contribution is 2.28. The third-order valence-corrected chi connectivity index (χ3v) is 2.96. The summed E-state index contributed by atoms with van der Waals surface area (Å²) in [5.41, 5.74) is 5.71. The molecule has 0 aromatic rings. The highest BCUT2D eigenvalue weighted by atomic mass is 127. The predicted octanol–water partition coefficient (Wildman–Crippen LogP) is 2.89. The van der Waals surface area contributed by atoms with Crippen molar-refractivity contribution in [2.45, 2.75) is 58.4 Å². The molecule has 1 rings (SSSR count). The minimum Gasteiger partial charge on any atom is -0.370 e. The van der Waals surface area contributed by atoms with Crippen LogP contribution in [0.2, 0.25) is 0 Å². The van der Waals surface area contributed by atoms with Gasteiger partial charge < -0.3 is 11.1 Å². The maximum absolute atomic E-state index is 5.71. The van der Waals surface area contributed by atoms with Crippen LogP contribution < -0.4 is 11.1 Å². The van der Waals surface area contributed by atoms with Gasteiger partial charge in [0, 0.05) is 12.6 Å². The number of nitrogens with one attached hydrogen (secondary N) is 1. The third kappa shape index (κ3) is 7.30. The number of aliphatic imine (C=N–C) groups is 1. The van der Waals surface area contributed by atoms with E-state index in [-0.39, 0.29) is 24.0 Å². The molecule has 0 unspecified atom stereocenters. The van der Waals surface area contributed by atoms with Gasteiger partial charge in [-0.2, -0.15) is 0 Å². The molecule has 1 saturated carbocycles. The van der Waals surface area contributed by atoms with Gasteiger partial charge in [-0.1, -0.05) is 25.7 Å². The Kier molecular flexibility index (Phi) is 9.07. The van der Waals surface area contributed by atoms with Crippen LogP contribution in [0, 0.1) is 5.92 Å². The molecule has 0 radical (unpaired) electrons. The summed E-state index contributed by atoms with van der Waals surface area (Å²) in [6.45, 7) is 5.02. The summed E-state index contributed by atoms with van der Waals surface area (Å²) in [7, 11) is 0. The van der Waals surface area contributed by atoms with Crippen LogP contribution in [0.15, 0.2) is 4.99 Å². The maximum Gasteiger partial charge on any atom is 0.188 e. The monoisotopic (exact) mass is 339 g/mol. The van der Waals surface area contributed by atoms with E-state index < -0.39 is 0 Å². The van der Waals surface area contributed by atoms with Crippen molar-refractivity contribution < 1.29 is 0 Å². The Morgan fingerprint density at radius 3 is 2.56 bits per heavy atom. The third-order valence-electron chi connectivity index (χ3n) is 2.96. The summed E-state index contributed by atoms with van der Waals surface area (Å²) in [6, 6.07) is 0.378. The fourth-order valence-corrected chi connectivity index (χ4v) is 2.22. The summed E-state index contributed by atoms with van der Waals surface area (Å²) >= 11 is 0. The number of hydrogen-bond acceptors (Lipinski definition) is 1. The molecule has 0 aromatic heterocycles. The molecule has 4 heteroatoms. The minimum absolute atomic E-state index is 0. The molecule has 96 valence electrons. The van der Waals surface area contributed by atoms with Gasteiger partial charge in [-0.15, -0.1) is 24.0 Å². The Balaban J connectivity index is 0.00000225. The van der Waals surface area contributed by atoms with Gasteiger partial charge >= 0.3 is 0 Å². The Morgan fingerprint density at radius 1 is 1.38 bits per heavy atom. The van der Waals surface area contributed by atoms with E-state index in [1.165, 1.54) is 38.5 Å². The second kappa shape index (κ2) is 9.07. The van der Waals surface area contributed by atoms with Crippen LogP contribution in [0.25, 0.3) is 0 Å². The average molecular weight is 339 g/mol. The van der Waals surface area contributed by atoms with E-state index in [4.69, 9.17) is 5.73 Å². The molecule has 1 aliphatic rings. The van der Waals surface area contributed by atoms with Crippen molar-refractivity contribution in [1.29, 1.82) is 0 Å². The SMILES string of the molecule is CC(C)NC(N)=NCCCC1CCCC1.I. The summed E-state index contributed by atoms with van der Waals surface area (Å²) in [5, 5.41) is 3.10. The molecule has 0 bridgehead atoms. The predicted molar refractivity (Wildman–Crippen MR) is 81.4 cm³/mol. The summed E-state index contributed by atoms with van der Waals surface area (Å²) < 4.78 is 0. The van der Waals surface area contributed by atoms with Crippen molar-refractivity contribution in [2.75, 3.05) is 6.54 Å². The van der Waals surface area contributed by atoms with E-state index in [0.29, 0.717) is 12.0 Å². The Labute approximate surface area is 117 Å². The topological polar surface area (TPSA) is 50.4 Å². The molecule has 1 aliphatic carbocycles. The first-order chi connectivity index (χ1) is 7.18. The average Bonchev–Trinajstić information content (AvgIpc) is 2.63. The Morgan fingerprint density at radius 2 is 2.00 bits per heavy atom. The molecule has 0 atom stereocenters. The molecule has 16 heavy (non-hydrogen) atoms. The molecule has 0 amide bonds. The van der Waals surface area contributed by atoms with E-state index in [2.05, 4.69) is 24.2 Å². The lowest BCUT2D eigenvalue weighted by atomic mass is 10.0. The van der Waals surface area contributed by atoms with Gasteiger partial charge in [0.1, 0.15) is 0 Å². The number of nitrogens with two attached hydrogens (primary N) is 1. The molecule has 3 nitrogen and oxygen atoms in total. The first kappa shape index (κ1) is 16.0. The zero-order valence-corrected chi connectivity index (χ0v) is 12.9. The molecule has 0 aliphatic heterocycles. The van der Waals surface area contributed by atoms with Crippen LogP contribution in [-0.2, 0) is 0 Å². The van der Waals surface area contributed by atoms with Crippen molar-refractivity contribution >= 4 is 29.9 Å². The summed E-state index contributed by atoms with van der Waals surface area (Å²) in [6.07, 6.45) is 8.26. The number of hydrogen-bond donors (Lipinski definition) is 2. The van der Waals surface area contributed by atoms with E-state index in [9.17, 15) is 0 Å². The van der Waals surface area contributed by atoms with E-state index >= 15 is 0 Å². The number of rotatable bonds is 5. The normalized spacial score (nSPS) is 17.6. The van der Waals surface area contributed by atoms with Gasteiger partial charge in [0.25, 0.3) is 0 Å². The van der Waals surface area contributed by atoms with Gasteiger partial charge in [-0.05, 0) is 32.6 Å². The zero-order chi connectivity index (χ0) is 11.1. The lowest BCUT2D eigenvalue weighted by Gasteiger charge is -2.09. The number of nitrogens with zero attached hydrogens (tertiary/aromatic N) is 1. The fourth-order valence-electron chi connectivity index (χ4n) is 2.22. The van der Waals surface area contributed by atoms with Crippen LogP contribution in [0.4, 0.5) is 0 Å². The van der Waals surface area contributed by atoms with Crippen molar-refractivity contribution in [1.82, 2.24) is 5.32 Å². The van der Waals surface area contributed by atoms with Crippen molar-refractivity contribution in [3.05, 3.63) is 0 Å². The maximum atomic E-state index is 5.71. The van der Waals surface area contributed by atoms with Gasteiger partial charge in [0.15, 0.2) is 5.96 Å². The molecule has 3 N–H and O–H groups in total.